The predicted molar refractivity (Wildman–Crippen MR) is 76.3 cm³/mol. The average Bonchev–Trinajstić information content (AvgIpc) is 2.81. The molecule has 0 spiro atoms. The van der Waals surface area contributed by atoms with Crippen molar-refractivity contribution >= 4 is 22.3 Å². The van der Waals surface area contributed by atoms with Crippen LogP contribution >= 0.6 is 11.3 Å². The molecule has 2 N–H and O–H groups in total. The van der Waals surface area contributed by atoms with E-state index in [1.54, 1.807) is 0 Å². The van der Waals surface area contributed by atoms with Gasteiger partial charge < -0.3 is 14.9 Å². The molecule has 0 aliphatic rings. The fraction of sp³-hybridized carbons (Fsp3) is 0.357. The summed E-state index contributed by atoms with van der Waals surface area (Å²) in [5.74, 6) is 0.997. The number of aryl methyl sites for hydroxylation is 1. The normalized spacial score (nSPS) is 11.6. The lowest BCUT2D eigenvalue weighted by Gasteiger charge is -2.19. The van der Waals surface area contributed by atoms with Crippen LogP contribution in [0, 0.1) is 6.92 Å². The Morgan fingerprint density at radius 3 is 2.58 bits per heavy atom. The predicted octanol–water partition coefficient (Wildman–Crippen LogP) is 3.85. The molecule has 2 rings (SSSR count). The molecular weight excluding hydrogens is 262 g/mol. The second-order valence-electron chi connectivity index (χ2n) is 5.30. The topological polar surface area (TPSA) is 65.5 Å². The number of nitrogens with two attached hydrogens (primary N) is 1. The third kappa shape index (κ3) is 2.98. The van der Waals surface area contributed by atoms with E-state index >= 15 is 0 Å². The molecule has 0 bridgehead atoms. The highest BCUT2D eigenvalue weighted by Crippen LogP contribution is 2.35. The number of rotatable bonds is 2. The summed E-state index contributed by atoms with van der Waals surface area (Å²) in [6, 6.07) is 3.67. The minimum Gasteiger partial charge on any atom is -0.461 e. The second kappa shape index (κ2) is 4.74. The standard InChI is InChI=1S/C14H17NO3S/c1-8-5-6-10(17-8)9-7-19-12(15)11(9)13(16)18-14(2,3)4/h5-7H,15H2,1-4H3. The number of anilines is 1. The fourth-order valence-corrected chi connectivity index (χ4v) is 2.46. The molecule has 0 amide bonds. The monoisotopic (exact) mass is 279 g/mol. The third-order valence-corrected chi connectivity index (χ3v) is 3.24. The van der Waals surface area contributed by atoms with Crippen molar-refractivity contribution in [2.24, 2.45) is 0 Å². The van der Waals surface area contributed by atoms with Crippen molar-refractivity contribution in [2.75, 3.05) is 5.73 Å². The van der Waals surface area contributed by atoms with Gasteiger partial charge in [0.1, 0.15) is 27.7 Å². The molecule has 0 saturated heterocycles. The molecule has 2 aromatic heterocycles. The molecule has 2 aromatic rings. The molecule has 0 aliphatic carbocycles. The van der Waals surface area contributed by atoms with Crippen LogP contribution in [0.15, 0.2) is 21.9 Å². The minimum absolute atomic E-state index is 0.384. The van der Waals surface area contributed by atoms with E-state index in [9.17, 15) is 4.79 Å². The lowest BCUT2D eigenvalue weighted by Crippen LogP contribution is -2.24. The Labute approximate surface area is 116 Å². The van der Waals surface area contributed by atoms with E-state index in [2.05, 4.69) is 0 Å². The molecule has 4 nitrogen and oxygen atoms in total. The fourth-order valence-electron chi connectivity index (χ4n) is 1.67. The summed E-state index contributed by atoms with van der Waals surface area (Å²) in [4.78, 5) is 12.2. The van der Waals surface area contributed by atoms with Crippen molar-refractivity contribution in [1.82, 2.24) is 0 Å². The largest absolute Gasteiger partial charge is 0.461 e. The van der Waals surface area contributed by atoms with Crippen LogP contribution in [-0.4, -0.2) is 11.6 Å². The summed E-state index contributed by atoms with van der Waals surface area (Å²) in [7, 11) is 0. The molecule has 0 fully saturated rings. The first-order chi connectivity index (χ1) is 8.78. The summed E-state index contributed by atoms with van der Waals surface area (Å²) in [6.07, 6.45) is 0. The molecule has 102 valence electrons. The minimum atomic E-state index is -0.554. The van der Waals surface area contributed by atoms with Gasteiger partial charge in [-0.3, -0.25) is 0 Å². The molecule has 0 unspecified atom stereocenters. The number of nitrogen functional groups attached to an aromatic ring is 1. The Hall–Kier alpha value is -1.75. The van der Waals surface area contributed by atoms with Crippen molar-refractivity contribution in [2.45, 2.75) is 33.3 Å². The Balaban J connectivity index is 2.41. The van der Waals surface area contributed by atoms with Crippen LogP contribution < -0.4 is 5.73 Å². The summed E-state index contributed by atoms with van der Waals surface area (Å²) in [5.41, 5.74) is 6.40. The van der Waals surface area contributed by atoms with Gasteiger partial charge >= 0.3 is 5.97 Å². The highest BCUT2D eigenvalue weighted by molar-refractivity contribution is 7.14. The zero-order valence-electron chi connectivity index (χ0n) is 11.4. The van der Waals surface area contributed by atoms with Crippen LogP contribution in [0.1, 0.15) is 36.9 Å². The molecule has 0 atom stereocenters. The van der Waals surface area contributed by atoms with E-state index < -0.39 is 11.6 Å². The van der Waals surface area contributed by atoms with Gasteiger partial charge in [0.2, 0.25) is 0 Å². The van der Waals surface area contributed by atoms with Crippen molar-refractivity contribution < 1.29 is 13.9 Å². The van der Waals surface area contributed by atoms with Gasteiger partial charge in [0.05, 0.1) is 0 Å². The maximum Gasteiger partial charge on any atom is 0.342 e. The van der Waals surface area contributed by atoms with Crippen molar-refractivity contribution in [3.8, 4) is 11.3 Å². The molecule has 0 aromatic carbocycles. The Kier molecular flexibility index (Phi) is 3.41. The van der Waals surface area contributed by atoms with Gasteiger partial charge in [-0.1, -0.05) is 0 Å². The van der Waals surface area contributed by atoms with Gasteiger partial charge in [0.15, 0.2) is 0 Å². The van der Waals surface area contributed by atoms with E-state index in [1.165, 1.54) is 11.3 Å². The van der Waals surface area contributed by atoms with E-state index in [1.807, 2.05) is 45.2 Å². The summed E-state index contributed by atoms with van der Waals surface area (Å²) < 4.78 is 10.9. The molecule has 19 heavy (non-hydrogen) atoms. The van der Waals surface area contributed by atoms with Gasteiger partial charge in [-0.2, -0.15) is 0 Å². The van der Waals surface area contributed by atoms with E-state index in [4.69, 9.17) is 14.9 Å². The smallest absolute Gasteiger partial charge is 0.342 e. The van der Waals surface area contributed by atoms with Crippen LogP contribution in [0.5, 0.6) is 0 Å². The maximum atomic E-state index is 12.2. The molecular formula is C14H17NO3S. The molecule has 0 radical (unpaired) electrons. The van der Waals surface area contributed by atoms with Crippen molar-refractivity contribution in [3.05, 3.63) is 28.8 Å². The maximum absolute atomic E-state index is 12.2. The van der Waals surface area contributed by atoms with Gasteiger partial charge in [-0.05, 0) is 39.8 Å². The first-order valence-electron chi connectivity index (χ1n) is 5.95. The first-order valence-corrected chi connectivity index (χ1v) is 6.83. The van der Waals surface area contributed by atoms with E-state index in [-0.39, 0.29) is 0 Å². The number of carbonyl (C=O) groups excluding carboxylic acids is 1. The SMILES string of the molecule is Cc1ccc(-c2csc(N)c2C(=O)OC(C)(C)C)o1. The highest BCUT2D eigenvalue weighted by atomic mass is 32.1. The number of ether oxygens (including phenoxy) is 1. The van der Waals surface area contributed by atoms with Gasteiger partial charge in [-0.25, -0.2) is 4.79 Å². The summed E-state index contributed by atoms with van der Waals surface area (Å²) >= 11 is 1.31. The number of carbonyl (C=O) groups is 1. The Morgan fingerprint density at radius 1 is 1.37 bits per heavy atom. The van der Waals surface area contributed by atoms with Crippen LogP contribution in [0.3, 0.4) is 0 Å². The number of esters is 1. The number of hydrogen-bond donors (Lipinski definition) is 1. The quantitative estimate of drug-likeness (QED) is 0.848. The third-order valence-electron chi connectivity index (χ3n) is 2.43. The van der Waals surface area contributed by atoms with Crippen LogP contribution in [0.2, 0.25) is 0 Å². The van der Waals surface area contributed by atoms with Crippen molar-refractivity contribution in [3.63, 3.8) is 0 Å². The van der Waals surface area contributed by atoms with Crippen LogP contribution in [0.4, 0.5) is 5.00 Å². The molecule has 2 heterocycles. The lowest BCUT2D eigenvalue weighted by atomic mass is 10.1. The summed E-state index contributed by atoms with van der Waals surface area (Å²) in [6.45, 7) is 7.32. The van der Waals surface area contributed by atoms with Gasteiger partial charge in [0.25, 0.3) is 0 Å². The number of furan rings is 1. The van der Waals surface area contributed by atoms with Crippen molar-refractivity contribution in [1.29, 1.82) is 0 Å². The highest BCUT2D eigenvalue weighted by Gasteiger charge is 2.25. The summed E-state index contributed by atoms with van der Waals surface area (Å²) in [5, 5.41) is 2.26. The van der Waals surface area contributed by atoms with E-state index in [0.29, 0.717) is 21.9 Å². The van der Waals surface area contributed by atoms with E-state index in [0.717, 1.165) is 5.76 Å². The molecule has 5 heteroatoms. The second-order valence-corrected chi connectivity index (χ2v) is 6.21. The number of thiophene rings is 1. The first kappa shape index (κ1) is 13.7. The number of hydrogen-bond acceptors (Lipinski definition) is 5. The zero-order valence-corrected chi connectivity index (χ0v) is 12.3. The van der Waals surface area contributed by atoms with Gasteiger partial charge in [0, 0.05) is 10.9 Å². The Morgan fingerprint density at radius 2 is 2.05 bits per heavy atom. The Bertz CT molecular complexity index is 604. The molecule has 0 aliphatic heterocycles. The zero-order chi connectivity index (χ0) is 14.2. The lowest BCUT2D eigenvalue weighted by molar-refractivity contribution is 0.00720. The van der Waals surface area contributed by atoms with Gasteiger partial charge in [-0.15, -0.1) is 11.3 Å². The molecule has 0 saturated carbocycles. The average molecular weight is 279 g/mol. The van der Waals surface area contributed by atoms with Crippen LogP contribution in [0.25, 0.3) is 11.3 Å². The van der Waals surface area contributed by atoms with Crippen LogP contribution in [-0.2, 0) is 4.74 Å².